The van der Waals surface area contributed by atoms with E-state index in [4.69, 9.17) is 17.0 Å². The summed E-state index contributed by atoms with van der Waals surface area (Å²) in [5.74, 6) is -0.538. The molecular weight excluding hydrogens is 476 g/mol. The van der Waals surface area contributed by atoms with Gasteiger partial charge in [0, 0.05) is 22.4 Å². The van der Waals surface area contributed by atoms with Gasteiger partial charge < -0.3 is 10.1 Å². The highest BCUT2D eigenvalue weighted by Crippen LogP contribution is 2.14. The van der Waals surface area contributed by atoms with Crippen LogP contribution in [-0.2, 0) is 0 Å². The Kier molecular flexibility index (Phi) is 9.53. The van der Waals surface area contributed by atoms with Crippen LogP contribution >= 0.6 is 12.2 Å². The first-order chi connectivity index (χ1) is 17.4. The minimum absolute atomic E-state index is 0.0623. The third-order valence-electron chi connectivity index (χ3n) is 5.06. The molecule has 0 radical (unpaired) electrons. The van der Waals surface area contributed by atoms with Gasteiger partial charge in [-0.15, -0.1) is 0 Å². The Morgan fingerprint density at radius 2 is 1.50 bits per heavy atom. The van der Waals surface area contributed by atoms with Crippen molar-refractivity contribution in [3.05, 3.63) is 95.1 Å². The van der Waals surface area contributed by atoms with Crippen molar-refractivity contribution in [3.8, 4) is 5.75 Å². The highest BCUT2D eigenvalue weighted by Gasteiger charge is 2.11. The van der Waals surface area contributed by atoms with Gasteiger partial charge >= 0.3 is 0 Å². The van der Waals surface area contributed by atoms with Crippen molar-refractivity contribution in [3.63, 3.8) is 0 Å². The summed E-state index contributed by atoms with van der Waals surface area (Å²) < 4.78 is 5.62. The molecule has 186 valence electrons. The lowest BCUT2D eigenvalue weighted by Crippen LogP contribution is -2.48. The monoisotopic (exact) mass is 504 g/mol. The number of carbonyl (C=O) groups is 3. The zero-order chi connectivity index (χ0) is 25.9. The Morgan fingerprint density at radius 1 is 0.806 bits per heavy atom. The SMILES string of the molecule is CCCCOc1cccc(C(=O)NC(=S)NNC(=O)c2ccc(NC(=O)c3cccc(C)c3)cc2)c1. The second-order valence-electron chi connectivity index (χ2n) is 7.99. The fourth-order valence-corrected chi connectivity index (χ4v) is 3.29. The smallest absolute Gasteiger partial charge is 0.269 e. The summed E-state index contributed by atoms with van der Waals surface area (Å²) in [6.45, 7) is 4.56. The normalized spacial score (nSPS) is 10.2. The van der Waals surface area contributed by atoms with Crippen LogP contribution in [0.3, 0.4) is 0 Å². The third kappa shape index (κ3) is 7.92. The molecular formula is C27H28N4O4S. The highest BCUT2D eigenvalue weighted by molar-refractivity contribution is 7.80. The Hall–Kier alpha value is -4.24. The lowest BCUT2D eigenvalue weighted by Gasteiger charge is -2.12. The van der Waals surface area contributed by atoms with Crippen LogP contribution < -0.4 is 26.2 Å². The average Bonchev–Trinajstić information content (AvgIpc) is 2.88. The van der Waals surface area contributed by atoms with E-state index in [0.29, 0.717) is 34.7 Å². The fraction of sp³-hybridized carbons (Fsp3) is 0.185. The lowest BCUT2D eigenvalue weighted by atomic mass is 10.1. The van der Waals surface area contributed by atoms with Crippen LogP contribution in [0.1, 0.15) is 56.4 Å². The molecule has 9 heteroatoms. The molecule has 0 heterocycles. The van der Waals surface area contributed by atoms with Gasteiger partial charge in [0.2, 0.25) is 0 Å². The summed E-state index contributed by atoms with van der Waals surface area (Å²) >= 11 is 5.10. The van der Waals surface area contributed by atoms with Gasteiger partial charge in [0.1, 0.15) is 5.75 Å². The van der Waals surface area contributed by atoms with Crippen LogP contribution in [0.15, 0.2) is 72.8 Å². The van der Waals surface area contributed by atoms with E-state index in [1.807, 2.05) is 19.1 Å². The molecule has 36 heavy (non-hydrogen) atoms. The number of carbonyl (C=O) groups excluding carboxylic acids is 3. The number of hydrogen-bond acceptors (Lipinski definition) is 5. The van der Waals surface area contributed by atoms with Crippen molar-refractivity contribution in [1.82, 2.24) is 16.2 Å². The van der Waals surface area contributed by atoms with Crippen molar-refractivity contribution >= 4 is 40.7 Å². The zero-order valence-electron chi connectivity index (χ0n) is 20.1. The molecule has 3 aromatic rings. The number of ether oxygens (including phenoxy) is 1. The second-order valence-corrected chi connectivity index (χ2v) is 8.40. The number of unbranched alkanes of at least 4 members (excludes halogenated alkanes) is 1. The topological polar surface area (TPSA) is 109 Å². The van der Waals surface area contributed by atoms with Crippen molar-refractivity contribution in [2.75, 3.05) is 11.9 Å². The van der Waals surface area contributed by atoms with E-state index in [1.54, 1.807) is 60.7 Å². The minimum Gasteiger partial charge on any atom is -0.494 e. The van der Waals surface area contributed by atoms with Crippen molar-refractivity contribution in [2.24, 2.45) is 0 Å². The number of rotatable bonds is 8. The van der Waals surface area contributed by atoms with Crippen LogP contribution in [0.2, 0.25) is 0 Å². The molecule has 0 aromatic heterocycles. The van der Waals surface area contributed by atoms with Crippen molar-refractivity contribution < 1.29 is 19.1 Å². The number of benzene rings is 3. The Bertz CT molecular complexity index is 1240. The number of hydrazine groups is 1. The molecule has 0 aliphatic heterocycles. The predicted octanol–water partition coefficient (Wildman–Crippen LogP) is 4.38. The summed E-state index contributed by atoms with van der Waals surface area (Å²) in [6.07, 6.45) is 1.94. The number of anilines is 1. The van der Waals surface area contributed by atoms with E-state index < -0.39 is 11.8 Å². The molecule has 0 fully saturated rings. The van der Waals surface area contributed by atoms with Gasteiger partial charge in [0.05, 0.1) is 6.61 Å². The molecule has 4 N–H and O–H groups in total. The van der Waals surface area contributed by atoms with Crippen LogP contribution in [0, 0.1) is 6.92 Å². The largest absolute Gasteiger partial charge is 0.494 e. The number of nitrogens with one attached hydrogen (secondary N) is 4. The molecule has 0 aliphatic carbocycles. The standard InChI is InChI=1S/C27H28N4O4S/c1-3-4-15-35-23-10-6-9-21(17-23)25(33)29-27(36)31-30-26(34)19-11-13-22(14-12-19)28-24(32)20-8-5-7-18(2)16-20/h5-14,16-17H,3-4,15H2,1-2H3,(H,28,32)(H,30,34)(H2,29,31,33,36). The summed E-state index contributed by atoms with van der Waals surface area (Å²) in [7, 11) is 0. The number of hydrogen-bond donors (Lipinski definition) is 4. The first-order valence-corrected chi connectivity index (χ1v) is 11.9. The van der Waals surface area contributed by atoms with Gasteiger partial charge in [0.15, 0.2) is 5.11 Å². The molecule has 3 amide bonds. The van der Waals surface area contributed by atoms with Gasteiger partial charge in [-0.1, -0.05) is 37.1 Å². The minimum atomic E-state index is -0.463. The Labute approximate surface area is 215 Å². The van der Waals surface area contributed by atoms with Crippen LogP contribution in [-0.4, -0.2) is 29.4 Å². The molecule has 0 bridgehead atoms. The summed E-state index contributed by atoms with van der Waals surface area (Å²) in [4.78, 5) is 37.2. The van der Waals surface area contributed by atoms with Gasteiger partial charge in [-0.25, -0.2) is 0 Å². The van der Waals surface area contributed by atoms with Crippen molar-refractivity contribution in [1.29, 1.82) is 0 Å². The van der Waals surface area contributed by atoms with Crippen LogP contribution in [0.4, 0.5) is 5.69 Å². The van der Waals surface area contributed by atoms with Gasteiger partial charge in [-0.3, -0.25) is 30.6 Å². The van der Waals surface area contributed by atoms with Gasteiger partial charge in [-0.2, -0.15) is 0 Å². The maximum Gasteiger partial charge on any atom is 0.269 e. The molecule has 3 aromatic carbocycles. The first kappa shape index (κ1) is 26.4. The van der Waals surface area contributed by atoms with E-state index in [1.165, 1.54) is 0 Å². The summed E-state index contributed by atoms with van der Waals surface area (Å²) in [5.41, 5.74) is 7.75. The van der Waals surface area contributed by atoms with Crippen LogP contribution in [0.25, 0.3) is 0 Å². The fourth-order valence-electron chi connectivity index (χ4n) is 3.15. The molecule has 0 saturated carbocycles. The summed E-state index contributed by atoms with van der Waals surface area (Å²) in [5, 5.41) is 5.24. The third-order valence-corrected chi connectivity index (χ3v) is 5.27. The van der Waals surface area contributed by atoms with E-state index in [2.05, 4.69) is 28.4 Å². The molecule has 3 rings (SSSR count). The molecule has 0 unspecified atom stereocenters. The van der Waals surface area contributed by atoms with Crippen molar-refractivity contribution in [2.45, 2.75) is 26.7 Å². The van der Waals surface area contributed by atoms with Gasteiger partial charge in [0.25, 0.3) is 17.7 Å². The summed E-state index contributed by atoms with van der Waals surface area (Å²) in [6, 6.07) is 20.4. The first-order valence-electron chi connectivity index (χ1n) is 11.5. The molecule has 0 saturated heterocycles. The predicted molar refractivity (Wildman–Crippen MR) is 143 cm³/mol. The van der Waals surface area contributed by atoms with E-state index >= 15 is 0 Å². The lowest BCUT2D eigenvalue weighted by molar-refractivity contribution is 0.0934. The molecule has 8 nitrogen and oxygen atoms in total. The average molecular weight is 505 g/mol. The zero-order valence-corrected chi connectivity index (χ0v) is 20.9. The highest BCUT2D eigenvalue weighted by atomic mass is 32.1. The quantitative estimate of drug-likeness (QED) is 0.206. The molecule has 0 spiro atoms. The van der Waals surface area contributed by atoms with E-state index in [9.17, 15) is 14.4 Å². The number of amides is 3. The maximum atomic E-state index is 12.5. The van der Waals surface area contributed by atoms with Gasteiger partial charge in [-0.05, 0) is 80.2 Å². The van der Waals surface area contributed by atoms with E-state index in [-0.39, 0.29) is 11.0 Å². The Balaban J connectivity index is 1.47. The molecule has 0 aliphatic rings. The number of aryl methyl sites for hydroxylation is 1. The van der Waals surface area contributed by atoms with E-state index in [0.717, 1.165) is 18.4 Å². The van der Waals surface area contributed by atoms with Crippen LogP contribution in [0.5, 0.6) is 5.75 Å². The number of thiocarbonyl (C=S) groups is 1. The second kappa shape index (κ2) is 13.0. The maximum absolute atomic E-state index is 12.5. The molecule has 0 atom stereocenters. The Morgan fingerprint density at radius 3 is 2.19 bits per heavy atom.